The Bertz CT molecular complexity index is 932. The van der Waals surface area contributed by atoms with Crippen molar-refractivity contribution < 1.29 is 19.0 Å². The first-order chi connectivity index (χ1) is 14.6. The summed E-state index contributed by atoms with van der Waals surface area (Å²) in [6.45, 7) is 7.14. The summed E-state index contributed by atoms with van der Waals surface area (Å²) in [5.41, 5.74) is 3.48. The van der Waals surface area contributed by atoms with Gasteiger partial charge >= 0.3 is 5.97 Å². The van der Waals surface area contributed by atoms with Gasteiger partial charge in [-0.2, -0.15) is 0 Å². The summed E-state index contributed by atoms with van der Waals surface area (Å²) in [5, 5.41) is 0. The fourth-order valence-electron chi connectivity index (χ4n) is 3.14. The van der Waals surface area contributed by atoms with Crippen LogP contribution < -0.4 is 4.74 Å². The molecule has 5 heteroatoms. The molecule has 2 aromatic carbocycles. The highest BCUT2D eigenvalue weighted by atomic mass is 32.1. The quantitative estimate of drug-likeness (QED) is 0.385. The molecule has 0 aliphatic heterocycles. The second-order valence-corrected chi connectivity index (χ2v) is 8.05. The van der Waals surface area contributed by atoms with E-state index in [1.807, 2.05) is 37.3 Å². The molecule has 0 spiro atoms. The number of carbonyl (C=O) groups is 1. The highest BCUT2D eigenvalue weighted by molar-refractivity contribution is 7.15. The molecule has 4 nitrogen and oxygen atoms in total. The topological polar surface area (TPSA) is 44.8 Å². The van der Waals surface area contributed by atoms with E-state index in [1.54, 1.807) is 18.3 Å². The minimum Gasteiger partial charge on any atom is -0.488 e. The highest BCUT2D eigenvalue weighted by Crippen LogP contribution is 2.32. The highest BCUT2D eigenvalue weighted by Gasteiger charge is 2.20. The molecular formula is C25H28O4S. The van der Waals surface area contributed by atoms with Gasteiger partial charge in [0.05, 0.1) is 6.61 Å². The number of hydrogen-bond donors (Lipinski definition) is 0. The van der Waals surface area contributed by atoms with E-state index in [0.717, 1.165) is 11.3 Å². The van der Waals surface area contributed by atoms with Crippen LogP contribution in [0.5, 0.6) is 5.75 Å². The van der Waals surface area contributed by atoms with E-state index in [4.69, 9.17) is 14.2 Å². The van der Waals surface area contributed by atoms with Gasteiger partial charge in [-0.1, -0.05) is 42.5 Å². The number of ether oxygens (including phenoxy) is 3. The molecule has 1 heterocycles. The molecule has 0 saturated carbocycles. The van der Waals surface area contributed by atoms with Gasteiger partial charge in [-0.05, 0) is 55.7 Å². The van der Waals surface area contributed by atoms with Gasteiger partial charge in [0, 0.05) is 22.8 Å². The second kappa shape index (κ2) is 11.0. The van der Waals surface area contributed by atoms with Gasteiger partial charge in [0.1, 0.15) is 12.4 Å². The van der Waals surface area contributed by atoms with Crippen molar-refractivity contribution in [2.24, 2.45) is 0 Å². The van der Waals surface area contributed by atoms with Crippen LogP contribution in [-0.4, -0.2) is 25.3 Å². The zero-order valence-electron chi connectivity index (χ0n) is 17.7. The first-order valence-corrected chi connectivity index (χ1v) is 11.1. The smallest absolute Gasteiger partial charge is 0.335 e. The molecule has 0 saturated heterocycles. The minimum absolute atomic E-state index is 0.318. The predicted octanol–water partition coefficient (Wildman–Crippen LogP) is 5.81. The van der Waals surface area contributed by atoms with Crippen molar-refractivity contribution in [3.63, 3.8) is 0 Å². The normalized spacial score (nSPS) is 11.8. The Morgan fingerprint density at radius 1 is 1.00 bits per heavy atom. The molecule has 0 N–H and O–H groups in total. The molecule has 1 unspecified atom stereocenters. The van der Waals surface area contributed by atoms with E-state index < -0.39 is 6.10 Å². The Kier molecular flexibility index (Phi) is 8.05. The van der Waals surface area contributed by atoms with Gasteiger partial charge in [0.2, 0.25) is 0 Å². The van der Waals surface area contributed by atoms with Crippen molar-refractivity contribution in [1.29, 1.82) is 0 Å². The lowest BCUT2D eigenvalue weighted by Crippen LogP contribution is -2.28. The summed E-state index contributed by atoms with van der Waals surface area (Å²) in [7, 11) is 0. The number of rotatable bonds is 10. The Morgan fingerprint density at radius 2 is 1.73 bits per heavy atom. The van der Waals surface area contributed by atoms with Gasteiger partial charge in [0.15, 0.2) is 6.10 Å². The third-order valence-electron chi connectivity index (χ3n) is 4.71. The van der Waals surface area contributed by atoms with Crippen molar-refractivity contribution in [3.8, 4) is 16.2 Å². The van der Waals surface area contributed by atoms with Crippen LogP contribution in [0.3, 0.4) is 0 Å². The van der Waals surface area contributed by atoms with Gasteiger partial charge in [-0.25, -0.2) is 4.79 Å². The molecule has 3 rings (SSSR count). The van der Waals surface area contributed by atoms with Gasteiger partial charge < -0.3 is 14.2 Å². The number of aryl methyl sites for hydroxylation is 1. The fraction of sp³-hybridized carbons (Fsp3) is 0.320. The van der Waals surface area contributed by atoms with Crippen LogP contribution in [0.15, 0.2) is 60.7 Å². The second-order valence-electron chi connectivity index (χ2n) is 6.92. The molecule has 0 aliphatic rings. The van der Waals surface area contributed by atoms with Crippen LogP contribution in [0.25, 0.3) is 10.4 Å². The first-order valence-electron chi connectivity index (χ1n) is 10.2. The summed E-state index contributed by atoms with van der Waals surface area (Å²) in [5.74, 6) is 0.485. The number of hydrogen-bond acceptors (Lipinski definition) is 5. The van der Waals surface area contributed by atoms with Crippen LogP contribution in [0.4, 0.5) is 0 Å². The molecule has 1 aromatic heterocycles. The van der Waals surface area contributed by atoms with Crippen LogP contribution in [0.1, 0.15) is 29.9 Å². The predicted molar refractivity (Wildman–Crippen MR) is 121 cm³/mol. The third kappa shape index (κ3) is 5.94. The van der Waals surface area contributed by atoms with E-state index in [0.29, 0.717) is 26.2 Å². The summed E-state index contributed by atoms with van der Waals surface area (Å²) >= 11 is 1.76. The lowest BCUT2D eigenvalue weighted by molar-refractivity contribution is -0.156. The molecule has 30 heavy (non-hydrogen) atoms. The third-order valence-corrected chi connectivity index (χ3v) is 5.97. The van der Waals surface area contributed by atoms with E-state index in [2.05, 4.69) is 37.3 Å². The Hall–Kier alpha value is -2.63. The number of thiophene rings is 1. The molecule has 0 bridgehead atoms. The molecule has 1 atom stereocenters. The fourth-order valence-corrected chi connectivity index (χ4v) is 4.23. The van der Waals surface area contributed by atoms with Crippen LogP contribution >= 0.6 is 11.3 Å². The SMILES string of the molecule is CCOC(=O)C(Cc1ccc(OCc2sc(-c3ccccc3)cc2C)cc1)OCC. The Labute approximate surface area is 182 Å². The van der Waals surface area contributed by atoms with E-state index >= 15 is 0 Å². The monoisotopic (exact) mass is 424 g/mol. The van der Waals surface area contributed by atoms with Crippen LogP contribution in [0, 0.1) is 6.92 Å². The largest absolute Gasteiger partial charge is 0.488 e. The van der Waals surface area contributed by atoms with E-state index in [-0.39, 0.29) is 5.97 Å². The maximum atomic E-state index is 12.0. The van der Waals surface area contributed by atoms with Crippen molar-refractivity contribution in [1.82, 2.24) is 0 Å². The zero-order chi connectivity index (χ0) is 21.3. The molecule has 0 amide bonds. The average molecular weight is 425 g/mol. The zero-order valence-corrected chi connectivity index (χ0v) is 18.5. The number of benzene rings is 2. The summed E-state index contributed by atoms with van der Waals surface area (Å²) in [6, 6.07) is 20.4. The Morgan fingerprint density at radius 3 is 2.40 bits per heavy atom. The van der Waals surface area contributed by atoms with Crippen molar-refractivity contribution >= 4 is 17.3 Å². The minimum atomic E-state index is -0.577. The van der Waals surface area contributed by atoms with Crippen molar-refractivity contribution in [2.75, 3.05) is 13.2 Å². The molecule has 0 fully saturated rings. The molecule has 158 valence electrons. The standard InChI is InChI=1S/C25H28O4S/c1-4-27-22(25(26)28-5-2)16-19-11-13-21(14-12-19)29-17-24-18(3)15-23(30-24)20-9-7-6-8-10-20/h6-15,22H,4-5,16-17H2,1-3H3. The summed E-state index contributed by atoms with van der Waals surface area (Å²) < 4.78 is 16.6. The van der Waals surface area contributed by atoms with E-state index in [1.165, 1.54) is 20.9 Å². The maximum absolute atomic E-state index is 12.0. The average Bonchev–Trinajstić information content (AvgIpc) is 3.14. The maximum Gasteiger partial charge on any atom is 0.335 e. The number of esters is 1. The first kappa shape index (κ1) is 22.1. The summed E-state index contributed by atoms with van der Waals surface area (Å²) in [4.78, 5) is 14.5. The molecule has 3 aromatic rings. The Balaban J connectivity index is 1.60. The lowest BCUT2D eigenvalue weighted by Gasteiger charge is -2.15. The number of carbonyl (C=O) groups excluding carboxylic acids is 1. The molecule has 0 aliphatic carbocycles. The van der Waals surface area contributed by atoms with Gasteiger partial charge in [-0.15, -0.1) is 11.3 Å². The van der Waals surface area contributed by atoms with Crippen molar-refractivity contribution in [3.05, 3.63) is 76.7 Å². The van der Waals surface area contributed by atoms with Crippen molar-refractivity contribution in [2.45, 2.75) is 39.9 Å². The van der Waals surface area contributed by atoms with Gasteiger partial charge in [-0.3, -0.25) is 0 Å². The van der Waals surface area contributed by atoms with Crippen LogP contribution in [-0.2, 0) is 27.3 Å². The van der Waals surface area contributed by atoms with E-state index in [9.17, 15) is 4.79 Å². The lowest BCUT2D eigenvalue weighted by atomic mass is 10.1. The van der Waals surface area contributed by atoms with Gasteiger partial charge in [0.25, 0.3) is 0 Å². The summed E-state index contributed by atoms with van der Waals surface area (Å²) in [6.07, 6.45) is -0.0934. The molecular weight excluding hydrogens is 396 g/mol. The molecule has 0 radical (unpaired) electrons. The van der Waals surface area contributed by atoms with Crippen LogP contribution in [0.2, 0.25) is 0 Å².